The van der Waals surface area contributed by atoms with Crippen LogP contribution in [-0.2, 0) is 11.8 Å². The van der Waals surface area contributed by atoms with E-state index in [-0.39, 0.29) is 17.2 Å². The van der Waals surface area contributed by atoms with Gasteiger partial charge in [-0.2, -0.15) is 0 Å². The lowest BCUT2D eigenvalue weighted by Gasteiger charge is -2.08. The summed E-state index contributed by atoms with van der Waals surface area (Å²) in [5.74, 6) is -0.747. The fraction of sp³-hybridized carbons (Fsp3) is 0.167. The monoisotopic (exact) mass is 494 g/mol. The van der Waals surface area contributed by atoms with Crippen molar-refractivity contribution in [2.24, 2.45) is 7.05 Å². The number of nitrogens with one attached hydrogen (secondary N) is 2. The van der Waals surface area contributed by atoms with E-state index >= 15 is 0 Å². The number of para-hydroxylation sites is 1. The Balaban J connectivity index is 1.50. The molecule has 1 aromatic heterocycles. The van der Waals surface area contributed by atoms with Gasteiger partial charge in [-0.25, -0.2) is 4.68 Å². The SMILES string of the molecule is Cc1cc(C)c(/C=C/C(=O)Nc2cccc(C(=O)Nc3c(C)n(C)n(-c4ccccc4)c3=O)c2)cc1C. The van der Waals surface area contributed by atoms with Crippen molar-refractivity contribution in [1.82, 2.24) is 9.36 Å². The third-order valence-corrected chi connectivity index (χ3v) is 6.48. The fourth-order valence-corrected chi connectivity index (χ4v) is 4.15. The van der Waals surface area contributed by atoms with Gasteiger partial charge in [0.1, 0.15) is 5.69 Å². The molecule has 2 N–H and O–H groups in total. The molecule has 0 bridgehead atoms. The van der Waals surface area contributed by atoms with Gasteiger partial charge in [0, 0.05) is 24.4 Å². The summed E-state index contributed by atoms with van der Waals surface area (Å²) in [6.45, 7) is 7.88. The van der Waals surface area contributed by atoms with E-state index in [2.05, 4.69) is 29.7 Å². The lowest BCUT2D eigenvalue weighted by atomic mass is 10.0. The molecule has 0 unspecified atom stereocenters. The van der Waals surface area contributed by atoms with E-state index in [9.17, 15) is 14.4 Å². The highest BCUT2D eigenvalue weighted by Gasteiger charge is 2.19. The molecule has 37 heavy (non-hydrogen) atoms. The molecule has 4 aromatic rings. The maximum atomic E-state index is 13.1. The van der Waals surface area contributed by atoms with E-state index in [0.717, 1.165) is 16.7 Å². The van der Waals surface area contributed by atoms with Crippen LogP contribution in [0, 0.1) is 27.7 Å². The number of amides is 2. The molecule has 0 spiro atoms. The molecule has 0 saturated heterocycles. The topological polar surface area (TPSA) is 85.1 Å². The predicted octanol–water partition coefficient (Wildman–Crippen LogP) is 5.31. The molecule has 0 fully saturated rings. The number of carbonyl (C=O) groups is 2. The number of hydrogen-bond donors (Lipinski definition) is 2. The summed E-state index contributed by atoms with van der Waals surface area (Å²) in [5, 5.41) is 5.55. The van der Waals surface area contributed by atoms with E-state index in [0.29, 0.717) is 22.6 Å². The minimum atomic E-state index is -0.441. The van der Waals surface area contributed by atoms with Gasteiger partial charge >= 0.3 is 0 Å². The highest BCUT2D eigenvalue weighted by atomic mass is 16.2. The van der Waals surface area contributed by atoms with Gasteiger partial charge in [0.2, 0.25) is 5.91 Å². The number of hydrogen-bond acceptors (Lipinski definition) is 3. The number of rotatable bonds is 6. The van der Waals surface area contributed by atoms with Crippen LogP contribution in [0.3, 0.4) is 0 Å². The summed E-state index contributed by atoms with van der Waals surface area (Å²) in [6.07, 6.45) is 3.26. The lowest BCUT2D eigenvalue weighted by molar-refractivity contribution is -0.111. The molecule has 0 saturated carbocycles. The molecule has 7 heteroatoms. The smallest absolute Gasteiger partial charge is 0.295 e. The van der Waals surface area contributed by atoms with Crippen LogP contribution < -0.4 is 16.2 Å². The summed E-state index contributed by atoms with van der Waals surface area (Å²) >= 11 is 0. The molecular formula is C30H30N4O3. The van der Waals surface area contributed by atoms with Crippen LogP contribution in [0.15, 0.2) is 77.6 Å². The second-order valence-electron chi connectivity index (χ2n) is 9.09. The summed E-state index contributed by atoms with van der Waals surface area (Å²) in [5.41, 5.74) is 6.44. The van der Waals surface area contributed by atoms with Crippen LogP contribution in [0.1, 0.15) is 38.3 Å². The van der Waals surface area contributed by atoms with Gasteiger partial charge in [-0.15, -0.1) is 0 Å². The normalized spacial score (nSPS) is 11.1. The van der Waals surface area contributed by atoms with Crippen molar-refractivity contribution in [1.29, 1.82) is 0 Å². The van der Waals surface area contributed by atoms with Crippen LogP contribution in [0.25, 0.3) is 11.8 Å². The Bertz CT molecular complexity index is 1580. The highest BCUT2D eigenvalue weighted by molar-refractivity contribution is 6.06. The highest BCUT2D eigenvalue weighted by Crippen LogP contribution is 2.18. The van der Waals surface area contributed by atoms with E-state index in [1.54, 1.807) is 49.0 Å². The van der Waals surface area contributed by atoms with Gasteiger partial charge in [-0.1, -0.05) is 36.4 Å². The molecule has 0 atom stereocenters. The number of anilines is 2. The Hall–Kier alpha value is -4.65. The average molecular weight is 495 g/mol. The van der Waals surface area contributed by atoms with Crippen LogP contribution in [-0.4, -0.2) is 21.2 Å². The second kappa shape index (κ2) is 10.5. The van der Waals surface area contributed by atoms with Gasteiger partial charge in [0.15, 0.2) is 0 Å². The van der Waals surface area contributed by atoms with Crippen molar-refractivity contribution in [3.8, 4) is 5.69 Å². The fourth-order valence-electron chi connectivity index (χ4n) is 4.15. The Morgan fingerprint density at radius 3 is 2.24 bits per heavy atom. The van der Waals surface area contributed by atoms with Crippen molar-refractivity contribution in [2.45, 2.75) is 27.7 Å². The summed E-state index contributed by atoms with van der Waals surface area (Å²) in [7, 11) is 1.77. The Labute approximate surface area is 216 Å². The van der Waals surface area contributed by atoms with Gasteiger partial charge in [0.25, 0.3) is 11.5 Å². The zero-order chi connectivity index (χ0) is 26.7. The maximum Gasteiger partial charge on any atom is 0.295 e. The first-order chi connectivity index (χ1) is 17.7. The first-order valence-corrected chi connectivity index (χ1v) is 12.0. The molecule has 188 valence electrons. The zero-order valence-corrected chi connectivity index (χ0v) is 21.6. The van der Waals surface area contributed by atoms with Crippen molar-refractivity contribution >= 4 is 29.3 Å². The Morgan fingerprint density at radius 1 is 0.811 bits per heavy atom. The minimum absolute atomic E-state index is 0.206. The predicted molar refractivity (Wildman–Crippen MR) is 148 cm³/mol. The average Bonchev–Trinajstić information content (AvgIpc) is 3.09. The Kier molecular flexibility index (Phi) is 7.25. The van der Waals surface area contributed by atoms with Gasteiger partial charge in [-0.3, -0.25) is 19.1 Å². The minimum Gasteiger partial charge on any atom is -0.322 e. The molecule has 0 radical (unpaired) electrons. The molecule has 7 nitrogen and oxygen atoms in total. The van der Waals surface area contributed by atoms with Crippen LogP contribution in [0.5, 0.6) is 0 Å². The lowest BCUT2D eigenvalue weighted by Crippen LogP contribution is -2.23. The number of aryl methyl sites for hydroxylation is 3. The van der Waals surface area contributed by atoms with E-state index < -0.39 is 5.91 Å². The second-order valence-corrected chi connectivity index (χ2v) is 9.09. The number of nitrogens with zero attached hydrogens (tertiary/aromatic N) is 2. The van der Waals surface area contributed by atoms with E-state index in [1.165, 1.54) is 16.3 Å². The molecular weight excluding hydrogens is 464 g/mol. The third kappa shape index (κ3) is 5.46. The summed E-state index contributed by atoms with van der Waals surface area (Å²) in [4.78, 5) is 38.7. The van der Waals surface area contributed by atoms with Gasteiger partial charge in [0.05, 0.1) is 11.4 Å². The molecule has 1 heterocycles. The largest absolute Gasteiger partial charge is 0.322 e. The summed E-state index contributed by atoms with van der Waals surface area (Å²) in [6, 6.07) is 20.0. The molecule has 4 rings (SSSR count). The Morgan fingerprint density at radius 2 is 1.51 bits per heavy atom. The number of carbonyl (C=O) groups excluding carboxylic acids is 2. The van der Waals surface area contributed by atoms with Gasteiger partial charge < -0.3 is 10.6 Å². The van der Waals surface area contributed by atoms with Crippen LogP contribution in [0.4, 0.5) is 11.4 Å². The molecule has 0 aliphatic carbocycles. The molecule has 0 aliphatic heterocycles. The standard InChI is InChI=1S/C30H30N4O3/c1-19-16-21(3)23(17-20(19)2)14-15-27(35)31-25-11-9-10-24(18-25)29(36)32-28-22(4)33(5)34(30(28)37)26-12-7-6-8-13-26/h6-18H,1-5H3,(H,31,35)(H,32,36)/b15-14+. The first kappa shape index (κ1) is 25.4. The third-order valence-electron chi connectivity index (χ3n) is 6.48. The quantitative estimate of drug-likeness (QED) is 0.356. The molecule has 2 amide bonds. The van der Waals surface area contributed by atoms with E-state index in [1.807, 2.05) is 44.2 Å². The van der Waals surface area contributed by atoms with Gasteiger partial charge in [-0.05, 0) is 86.4 Å². The molecule has 0 aliphatic rings. The van der Waals surface area contributed by atoms with Crippen LogP contribution in [0.2, 0.25) is 0 Å². The molecule has 3 aromatic carbocycles. The number of benzene rings is 3. The zero-order valence-electron chi connectivity index (χ0n) is 21.6. The van der Waals surface area contributed by atoms with Crippen molar-refractivity contribution in [3.05, 3.63) is 117 Å². The van der Waals surface area contributed by atoms with Crippen molar-refractivity contribution < 1.29 is 9.59 Å². The van der Waals surface area contributed by atoms with Crippen molar-refractivity contribution in [2.75, 3.05) is 10.6 Å². The van der Waals surface area contributed by atoms with Crippen molar-refractivity contribution in [3.63, 3.8) is 0 Å². The number of aromatic nitrogens is 2. The van der Waals surface area contributed by atoms with Crippen LogP contribution >= 0.6 is 0 Å². The maximum absolute atomic E-state index is 13.1. The van der Waals surface area contributed by atoms with E-state index in [4.69, 9.17) is 0 Å². The summed E-state index contributed by atoms with van der Waals surface area (Å²) < 4.78 is 3.21. The first-order valence-electron chi connectivity index (χ1n) is 12.0.